The van der Waals surface area contributed by atoms with Crippen molar-refractivity contribution in [2.24, 2.45) is 0 Å². The second kappa shape index (κ2) is 7.41. The fourth-order valence-corrected chi connectivity index (χ4v) is 5.33. The molecule has 0 heterocycles. The van der Waals surface area contributed by atoms with Crippen molar-refractivity contribution in [1.29, 1.82) is 0 Å². The predicted molar refractivity (Wildman–Crippen MR) is 80.6 cm³/mol. The van der Waals surface area contributed by atoms with Crippen LogP contribution in [0.5, 0.6) is 0 Å². The van der Waals surface area contributed by atoms with E-state index in [1.54, 1.807) is 0 Å². The predicted octanol–water partition coefficient (Wildman–Crippen LogP) is 3.78. The Morgan fingerprint density at radius 1 is 0.875 bits per heavy atom. The zero-order chi connectivity index (χ0) is 12.0. The van der Waals surface area contributed by atoms with Gasteiger partial charge in [0.05, 0.1) is 0 Å². The van der Waals surface area contributed by atoms with Gasteiger partial charge in [-0.15, -0.1) is 0 Å². The summed E-state index contributed by atoms with van der Waals surface area (Å²) in [6.45, 7) is 9.19. The zero-order valence-electron chi connectivity index (χ0n) is 11.0. The Bertz CT molecular complexity index is 253. The van der Waals surface area contributed by atoms with Crippen molar-refractivity contribution in [1.82, 2.24) is 0 Å². The summed E-state index contributed by atoms with van der Waals surface area (Å²) in [4.78, 5) is 0. The van der Waals surface area contributed by atoms with Gasteiger partial charge in [0.2, 0.25) is 0 Å². The molecule has 0 unspecified atom stereocenters. The molecule has 0 aliphatic carbocycles. The van der Waals surface area contributed by atoms with Crippen LogP contribution in [0.15, 0.2) is 18.2 Å². The average Bonchev–Trinajstić information content (AvgIpc) is 2.34. The van der Waals surface area contributed by atoms with Crippen LogP contribution < -0.4 is 10.6 Å². The summed E-state index contributed by atoms with van der Waals surface area (Å²) in [5.41, 5.74) is 0. The lowest BCUT2D eigenvalue weighted by atomic mass is 10.4. The third kappa shape index (κ3) is 3.54. The highest BCUT2D eigenvalue weighted by molar-refractivity contribution is 7.66. The molecule has 0 saturated carbocycles. The molecular weight excluding hydrogens is 230 g/mol. The first kappa shape index (κ1) is 14.1. The Hall–Kier alpha value is 0.0800. The van der Waals surface area contributed by atoms with Crippen LogP contribution in [-0.2, 0) is 0 Å². The minimum absolute atomic E-state index is 0.0601. The molecule has 89 valence electrons. The fourth-order valence-electron chi connectivity index (χ4n) is 1.95. The molecule has 0 N–H and O–H groups in total. The van der Waals surface area contributed by atoms with Crippen LogP contribution in [0.2, 0.25) is 0 Å². The first-order valence-corrected chi connectivity index (χ1v) is 9.70. The minimum atomic E-state index is 0.0601. The van der Waals surface area contributed by atoms with Gasteiger partial charge < -0.3 is 0 Å². The van der Waals surface area contributed by atoms with Crippen molar-refractivity contribution in [2.75, 3.05) is 24.6 Å². The quantitative estimate of drug-likeness (QED) is 0.677. The number of rotatable bonds is 6. The smallest absolute Gasteiger partial charge is 0.00940 e. The molecule has 0 aliphatic rings. The maximum absolute atomic E-state index is 3.53. The molecule has 1 aromatic rings. The Morgan fingerprint density at radius 2 is 1.44 bits per heavy atom. The van der Waals surface area contributed by atoms with Crippen molar-refractivity contribution < 1.29 is 0 Å². The lowest BCUT2D eigenvalue weighted by Gasteiger charge is -2.17. The fraction of sp³-hybridized carbons (Fsp3) is 0.571. The van der Waals surface area contributed by atoms with Gasteiger partial charge in [-0.25, -0.2) is 0 Å². The van der Waals surface area contributed by atoms with Crippen molar-refractivity contribution in [3.05, 3.63) is 24.3 Å². The van der Waals surface area contributed by atoms with Crippen LogP contribution >= 0.6 is 15.8 Å². The summed E-state index contributed by atoms with van der Waals surface area (Å²) in [6, 6.07) is 10.5. The van der Waals surface area contributed by atoms with Crippen LogP contribution in [0, 0.1) is 6.07 Å². The molecule has 0 amide bonds. The molecule has 0 aliphatic heterocycles. The van der Waals surface area contributed by atoms with E-state index in [9.17, 15) is 0 Å². The molecule has 1 rings (SSSR count). The molecule has 0 saturated heterocycles. The molecule has 0 bridgehead atoms. The zero-order valence-corrected chi connectivity index (χ0v) is 12.7. The molecule has 0 atom stereocenters. The Labute approximate surface area is 103 Å². The second-order valence-corrected chi connectivity index (χ2v) is 9.46. The number of benzene rings is 1. The van der Waals surface area contributed by atoms with Crippen molar-refractivity contribution >= 4 is 26.5 Å². The molecular formula is C14H23P2. The molecule has 2 heteroatoms. The molecule has 0 nitrogen and oxygen atoms in total. The van der Waals surface area contributed by atoms with Gasteiger partial charge in [0.15, 0.2) is 0 Å². The summed E-state index contributed by atoms with van der Waals surface area (Å²) >= 11 is 0. The van der Waals surface area contributed by atoms with Crippen molar-refractivity contribution in [3.8, 4) is 0 Å². The average molecular weight is 253 g/mol. The first-order chi connectivity index (χ1) is 7.76. The molecule has 0 spiro atoms. The third-order valence-corrected chi connectivity index (χ3v) is 8.03. The molecule has 0 fully saturated rings. The summed E-state index contributed by atoms with van der Waals surface area (Å²) < 4.78 is 0. The third-order valence-electron chi connectivity index (χ3n) is 3.01. The summed E-state index contributed by atoms with van der Waals surface area (Å²) in [5, 5.41) is 3.00. The van der Waals surface area contributed by atoms with Crippen molar-refractivity contribution in [3.63, 3.8) is 0 Å². The van der Waals surface area contributed by atoms with E-state index < -0.39 is 0 Å². The van der Waals surface area contributed by atoms with Gasteiger partial charge in [-0.3, -0.25) is 0 Å². The first-order valence-electron chi connectivity index (χ1n) is 6.28. The van der Waals surface area contributed by atoms with Crippen LogP contribution in [0.4, 0.5) is 0 Å². The van der Waals surface area contributed by atoms with Crippen LogP contribution in [-0.4, -0.2) is 24.6 Å². The lowest BCUT2D eigenvalue weighted by Crippen LogP contribution is -2.10. The Balaban J connectivity index is 2.81. The highest BCUT2D eigenvalue weighted by Crippen LogP contribution is 2.35. The summed E-state index contributed by atoms with van der Waals surface area (Å²) in [5.74, 6) is 0. The standard InChI is InChI=1S/C14H23P2/c1-5-15(6-2)13-9-11-14(12-10-13)16(7-3)8-4/h9-11H,5-8H2,1-4H3. The summed E-state index contributed by atoms with van der Waals surface area (Å²) in [6.07, 6.45) is 5.18. The molecule has 16 heavy (non-hydrogen) atoms. The number of hydrogen-bond donors (Lipinski definition) is 0. The Kier molecular flexibility index (Phi) is 6.55. The van der Waals surface area contributed by atoms with E-state index in [-0.39, 0.29) is 15.8 Å². The van der Waals surface area contributed by atoms with Gasteiger partial charge in [-0.2, -0.15) is 0 Å². The van der Waals surface area contributed by atoms with E-state index in [0.29, 0.717) is 0 Å². The van der Waals surface area contributed by atoms with Crippen LogP contribution in [0.25, 0.3) is 0 Å². The van der Waals surface area contributed by atoms with Gasteiger partial charge in [-0.05, 0) is 47.4 Å². The molecule has 1 radical (unpaired) electrons. The van der Waals surface area contributed by atoms with Gasteiger partial charge in [-0.1, -0.05) is 55.7 Å². The Morgan fingerprint density at radius 3 is 1.81 bits per heavy atom. The maximum atomic E-state index is 3.53. The van der Waals surface area contributed by atoms with Gasteiger partial charge in [0, 0.05) is 0 Å². The highest BCUT2D eigenvalue weighted by Gasteiger charge is 2.09. The van der Waals surface area contributed by atoms with Crippen LogP contribution in [0.1, 0.15) is 27.7 Å². The van der Waals surface area contributed by atoms with E-state index in [4.69, 9.17) is 0 Å². The molecule has 1 aromatic carbocycles. The lowest BCUT2D eigenvalue weighted by molar-refractivity contribution is 1.42. The van der Waals surface area contributed by atoms with Gasteiger partial charge in [0.1, 0.15) is 0 Å². The van der Waals surface area contributed by atoms with Crippen LogP contribution in [0.3, 0.4) is 0 Å². The number of hydrogen-bond acceptors (Lipinski definition) is 0. The SMILES string of the molecule is CCP(CC)c1[c]cc(P(CC)CC)cc1. The van der Waals surface area contributed by atoms with Crippen molar-refractivity contribution in [2.45, 2.75) is 27.7 Å². The monoisotopic (exact) mass is 253 g/mol. The summed E-state index contributed by atoms with van der Waals surface area (Å²) in [7, 11) is 0.145. The minimum Gasteiger partial charge on any atom is -0.0758 e. The van der Waals surface area contributed by atoms with E-state index in [1.165, 1.54) is 35.3 Å². The van der Waals surface area contributed by atoms with Gasteiger partial charge >= 0.3 is 0 Å². The normalized spacial score (nSPS) is 11.4. The van der Waals surface area contributed by atoms with E-state index in [0.717, 1.165) is 0 Å². The topological polar surface area (TPSA) is 0 Å². The van der Waals surface area contributed by atoms with E-state index in [2.05, 4.69) is 52.0 Å². The van der Waals surface area contributed by atoms with E-state index in [1.807, 2.05) is 0 Å². The van der Waals surface area contributed by atoms with E-state index >= 15 is 0 Å². The second-order valence-electron chi connectivity index (χ2n) is 3.78. The maximum Gasteiger partial charge on any atom is -0.00940 e. The highest BCUT2D eigenvalue weighted by atomic mass is 31.1. The van der Waals surface area contributed by atoms with Gasteiger partial charge in [0.25, 0.3) is 0 Å². The molecule has 0 aromatic heterocycles. The largest absolute Gasteiger partial charge is 0.0758 e.